The highest BCUT2D eigenvalue weighted by atomic mass is 32.2. The monoisotopic (exact) mass is 281 g/mol. The third kappa shape index (κ3) is 5.66. The molecule has 3 nitrogen and oxygen atoms in total. The molecule has 0 bridgehead atoms. The number of hydrogen-bond acceptors (Lipinski definition) is 3. The highest BCUT2D eigenvalue weighted by Crippen LogP contribution is 2.14. The lowest BCUT2D eigenvalue weighted by Crippen LogP contribution is -2.36. The zero-order valence-corrected chi connectivity index (χ0v) is 12.7. The zero-order valence-electron chi connectivity index (χ0n) is 11.8. The number of rotatable bonds is 8. The SMILES string of the molecule is CSCCC(NCc1ccc(C(C)C)cc1)C(=O)O. The van der Waals surface area contributed by atoms with Crippen molar-refractivity contribution in [1.82, 2.24) is 5.32 Å². The zero-order chi connectivity index (χ0) is 14.3. The lowest BCUT2D eigenvalue weighted by molar-refractivity contribution is -0.139. The molecule has 0 fully saturated rings. The second kappa shape index (κ2) is 8.23. The smallest absolute Gasteiger partial charge is 0.320 e. The van der Waals surface area contributed by atoms with Crippen molar-refractivity contribution in [1.29, 1.82) is 0 Å². The van der Waals surface area contributed by atoms with Crippen LogP contribution in [0.15, 0.2) is 24.3 Å². The van der Waals surface area contributed by atoms with E-state index in [2.05, 4.69) is 43.4 Å². The molecule has 1 aromatic rings. The number of hydrogen-bond donors (Lipinski definition) is 2. The van der Waals surface area contributed by atoms with E-state index in [-0.39, 0.29) is 0 Å². The molecule has 0 aliphatic carbocycles. The van der Waals surface area contributed by atoms with Gasteiger partial charge in [0.15, 0.2) is 0 Å². The van der Waals surface area contributed by atoms with Crippen molar-refractivity contribution in [2.45, 2.75) is 38.8 Å². The van der Waals surface area contributed by atoms with Crippen molar-refractivity contribution in [3.8, 4) is 0 Å². The van der Waals surface area contributed by atoms with Gasteiger partial charge in [-0.05, 0) is 35.5 Å². The van der Waals surface area contributed by atoms with Gasteiger partial charge in [0.2, 0.25) is 0 Å². The third-order valence-electron chi connectivity index (χ3n) is 3.11. The van der Waals surface area contributed by atoms with Gasteiger partial charge in [0.1, 0.15) is 6.04 Å². The van der Waals surface area contributed by atoms with Crippen LogP contribution in [0.2, 0.25) is 0 Å². The molecular formula is C15H23NO2S. The minimum absolute atomic E-state index is 0.461. The van der Waals surface area contributed by atoms with E-state index in [1.165, 1.54) is 5.56 Å². The quantitative estimate of drug-likeness (QED) is 0.768. The van der Waals surface area contributed by atoms with Crippen molar-refractivity contribution >= 4 is 17.7 Å². The molecule has 0 aliphatic rings. The molecule has 106 valence electrons. The van der Waals surface area contributed by atoms with Crippen molar-refractivity contribution in [2.75, 3.05) is 12.0 Å². The van der Waals surface area contributed by atoms with Crippen LogP contribution >= 0.6 is 11.8 Å². The van der Waals surface area contributed by atoms with Crippen molar-refractivity contribution in [3.63, 3.8) is 0 Å². The average Bonchev–Trinajstić information content (AvgIpc) is 2.39. The van der Waals surface area contributed by atoms with E-state index in [0.717, 1.165) is 11.3 Å². The summed E-state index contributed by atoms with van der Waals surface area (Å²) >= 11 is 1.67. The van der Waals surface area contributed by atoms with Gasteiger partial charge in [-0.15, -0.1) is 0 Å². The largest absolute Gasteiger partial charge is 0.480 e. The number of carbonyl (C=O) groups is 1. The molecule has 0 saturated heterocycles. The molecule has 4 heteroatoms. The first kappa shape index (κ1) is 16.1. The molecule has 1 unspecified atom stereocenters. The third-order valence-corrected chi connectivity index (χ3v) is 3.75. The Hall–Kier alpha value is -1.00. The Morgan fingerprint density at radius 3 is 2.42 bits per heavy atom. The van der Waals surface area contributed by atoms with Gasteiger partial charge in [-0.2, -0.15) is 11.8 Å². The fourth-order valence-corrected chi connectivity index (χ4v) is 2.28. The molecule has 0 spiro atoms. The summed E-state index contributed by atoms with van der Waals surface area (Å²) in [6.45, 7) is 4.93. The maximum atomic E-state index is 11.1. The summed E-state index contributed by atoms with van der Waals surface area (Å²) < 4.78 is 0. The molecular weight excluding hydrogens is 258 g/mol. The molecule has 0 amide bonds. The molecule has 1 aromatic carbocycles. The van der Waals surface area contributed by atoms with Crippen LogP contribution < -0.4 is 5.32 Å². The van der Waals surface area contributed by atoms with Gasteiger partial charge in [0.25, 0.3) is 0 Å². The summed E-state index contributed by atoms with van der Waals surface area (Å²) in [7, 11) is 0. The summed E-state index contributed by atoms with van der Waals surface area (Å²) in [5, 5.41) is 12.2. The number of nitrogens with one attached hydrogen (secondary N) is 1. The molecule has 2 N–H and O–H groups in total. The first-order valence-electron chi connectivity index (χ1n) is 6.58. The molecule has 1 atom stereocenters. The molecule has 0 radical (unpaired) electrons. The maximum absolute atomic E-state index is 11.1. The van der Waals surface area contributed by atoms with Crippen LogP contribution in [0, 0.1) is 0 Å². The highest BCUT2D eigenvalue weighted by Gasteiger charge is 2.15. The minimum Gasteiger partial charge on any atom is -0.480 e. The molecule has 19 heavy (non-hydrogen) atoms. The van der Waals surface area contributed by atoms with Crippen LogP contribution in [-0.2, 0) is 11.3 Å². The second-order valence-electron chi connectivity index (χ2n) is 4.95. The topological polar surface area (TPSA) is 49.3 Å². The lowest BCUT2D eigenvalue weighted by Gasteiger charge is -2.14. The summed E-state index contributed by atoms with van der Waals surface area (Å²) in [5.41, 5.74) is 2.43. The predicted octanol–water partition coefficient (Wildman–Crippen LogP) is 3.11. The van der Waals surface area contributed by atoms with Crippen molar-refractivity contribution < 1.29 is 9.90 Å². The van der Waals surface area contributed by atoms with E-state index in [1.807, 2.05) is 6.26 Å². The van der Waals surface area contributed by atoms with E-state index >= 15 is 0 Å². The summed E-state index contributed by atoms with van der Waals surface area (Å²) in [6, 6.07) is 7.89. The number of aliphatic carboxylic acids is 1. The van der Waals surface area contributed by atoms with Crippen molar-refractivity contribution in [2.24, 2.45) is 0 Å². The maximum Gasteiger partial charge on any atom is 0.320 e. The average molecular weight is 281 g/mol. The van der Waals surface area contributed by atoms with E-state index in [0.29, 0.717) is 18.9 Å². The Labute approximate surface area is 119 Å². The number of carboxylic acids is 1. The first-order valence-corrected chi connectivity index (χ1v) is 7.98. The van der Waals surface area contributed by atoms with Crippen LogP contribution in [0.4, 0.5) is 0 Å². The Balaban J connectivity index is 2.51. The standard InChI is InChI=1S/C15H23NO2S/c1-11(2)13-6-4-12(5-7-13)10-16-14(15(17)18)8-9-19-3/h4-7,11,14,16H,8-10H2,1-3H3,(H,17,18). The highest BCUT2D eigenvalue weighted by molar-refractivity contribution is 7.98. The van der Waals surface area contributed by atoms with Crippen LogP contribution in [0.1, 0.15) is 37.3 Å². The van der Waals surface area contributed by atoms with Gasteiger partial charge in [-0.3, -0.25) is 4.79 Å². The Bertz CT molecular complexity index is 390. The Kier molecular flexibility index (Phi) is 6.95. The minimum atomic E-state index is -0.771. The Morgan fingerprint density at radius 1 is 1.32 bits per heavy atom. The van der Waals surface area contributed by atoms with Crippen LogP contribution in [0.25, 0.3) is 0 Å². The van der Waals surface area contributed by atoms with E-state index in [1.54, 1.807) is 11.8 Å². The summed E-state index contributed by atoms with van der Waals surface area (Å²) in [5.74, 6) is 0.610. The second-order valence-corrected chi connectivity index (χ2v) is 5.94. The summed E-state index contributed by atoms with van der Waals surface area (Å²) in [4.78, 5) is 11.1. The lowest BCUT2D eigenvalue weighted by atomic mass is 10.0. The molecule has 0 heterocycles. The number of carboxylic acid groups (broad SMARTS) is 1. The van der Waals surface area contributed by atoms with E-state index < -0.39 is 12.0 Å². The van der Waals surface area contributed by atoms with Gasteiger partial charge < -0.3 is 10.4 Å². The van der Waals surface area contributed by atoms with Crippen molar-refractivity contribution in [3.05, 3.63) is 35.4 Å². The predicted molar refractivity (Wildman–Crippen MR) is 81.8 cm³/mol. The molecule has 1 rings (SSSR count). The fourth-order valence-electron chi connectivity index (χ4n) is 1.81. The summed E-state index contributed by atoms with van der Waals surface area (Å²) in [6.07, 6.45) is 2.64. The van der Waals surface area contributed by atoms with Gasteiger partial charge in [0, 0.05) is 6.54 Å². The van der Waals surface area contributed by atoms with Crippen LogP contribution in [0.3, 0.4) is 0 Å². The molecule has 0 aliphatic heterocycles. The fraction of sp³-hybridized carbons (Fsp3) is 0.533. The van der Waals surface area contributed by atoms with Crippen LogP contribution in [0.5, 0.6) is 0 Å². The number of benzene rings is 1. The van der Waals surface area contributed by atoms with E-state index in [4.69, 9.17) is 5.11 Å². The van der Waals surface area contributed by atoms with Gasteiger partial charge in [-0.25, -0.2) is 0 Å². The van der Waals surface area contributed by atoms with Gasteiger partial charge >= 0.3 is 5.97 Å². The first-order chi connectivity index (χ1) is 9.04. The van der Waals surface area contributed by atoms with Gasteiger partial charge in [-0.1, -0.05) is 38.1 Å². The van der Waals surface area contributed by atoms with Gasteiger partial charge in [0.05, 0.1) is 0 Å². The molecule has 0 aromatic heterocycles. The molecule has 0 saturated carbocycles. The number of thioether (sulfide) groups is 1. The normalized spacial score (nSPS) is 12.6. The Morgan fingerprint density at radius 2 is 1.95 bits per heavy atom. The van der Waals surface area contributed by atoms with E-state index in [9.17, 15) is 4.79 Å². The van der Waals surface area contributed by atoms with Crippen LogP contribution in [-0.4, -0.2) is 29.1 Å².